The second-order valence-corrected chi connectivity index (χ2v) is 11.4. The van der Waals surface area contributed by atoms with Gasteiger partial charge in [-0.25, -0.2) is 9.37 Å². The lowest BCUT2D eigenvalue weighted by molar-refractivity contribution is -0.117. The molecule has 2 aromatic heterocycles. The van der Waals surface area contributed by atoms with Gasteiger partial charge in [0, 0.05) is 5.75 Å². The number of hydrogen-bond donors (Lipinski definition) is 1. The van der Waals surface area contributed by atoms with Crippen molar-refractivity contribution in [2.24, 2.45) is 0 Å². The Morgan fingerprint density at radius 1 is 1.08 bits per heavy atom. The number of carbonyl (C=O) groups is 2. The second-order valence-electron chi connectivity index (χ2n) is 7.99. The predicted molar refractivity (Wildman–Crippen MR) is 138 cm³/mol. The van der Waals surface area contributed by atoms with E-state index in [0.717, 1.165) is 10.6 Å². The van der Waals surface area contributed by atoms with Gasteiger partial charge in [0.15, 0.2) is 10.1 Å². The molecular formula is C25H19FN4O3S3. The first-order chi connectivity index (χ1) is 17.3. The van der Waals surface area contributed by atoms with E-state index in [1.54, 1.807) is 38.1 Å². The van der Waals surface area contributed by atoms with Gasteiger partial charge in [0.2, 0.25) is 10.9 Å². The van der Waals surface area contributed by atoms with Crippen LogP contribution in [0.15, 0.2) is 70.3 Å². The van der Waals surface area contributed by atoms with Gasteiger partial charge in [-0.1, -0.05) is 65.6 Å². The summed E-state index contributed by atoms with van der Waals surface area (Å²) in [5, 5.41) is 20.3. The number of aliphatic hydroxyl groups excluding tert-OH is 1. The van der Waals surface area contributed by atoms with Crippen molar-refractivity contribution in [3.63, 3.8) is 0 Å². The van der Waals surface area contributed by atoms with E-state index >= 15 is 0 Å². The number of carbonyl (C=O) groups excluding carboxylic acids is 2. The van der Waals surface area contributed by atoms with E-state index in [9.17, 15) is 19.1 Å². The molecule has 0 aliphatic carbocycles. The lowest BCUT2D eigenvalue weighted by Crippen LogP contribution is -2.31. The molecule has 11 heteroatoms. The number of aromatic nitrogens is 3. The predicted octanol–water partition coefficient (Wildman–Crippen LogP) is 5.83. The first-order valence-corrected chi connectivity index (χ1v) is 13.5. The van der Waals surface area contributed by atoms with Crippen LogP contribution in [-0.2, 0) is 10.5 Å². The van der Waals surface area contributed by atoms with Crippen LogP contribution >= 0.6 is 34.4 Å². The topological polar surface area (TPSA) is 96.3 Å². The molecule has 1 amide bonds. The Morgan fingerprint density at radius 3 is 2.47 bits per heavy atom. The van der Waals surface area contributed by atoms with Gasteiger partial charge in [-0.3, -0.25) is 14.5 Å². The molecule has 3 heterocycles. The molecule has 2 aromatic carbocycles. The van der Waals surface area contributed by atoms with Crippen molar-refractivity contribution in [1.82, 2.24) is 15.2 Å². The minimum Gasteiger partial charge on any atom is -0.503 e. The Balaban J connectivity index is 1.48. The van der Waals surface area contributed by atoms with Crippen LogP contribution in [0.3, 0.4) is 0 Å². The van der Waals surface area contributed by atoms with Gasteiger partial charge in [-0.15, -0.1) is 21.5 Å². The van der Waals surface area contributed by atoms with E-state index in [0.29, 0.717) is 26.2 Å². The lowest BCUT2D eigenvalue weighted by atomic mass is 9.95. The minimum atomic E-state index is -0.865. The number of aliphatic hydroxyl groups is 1. The van der Waals surface area contributed by atoms with Crippen LogP contribution in [0.4, 0.5) is 9.52 Å². The molecule has 1 aliphatic rings. The Kier molecular flexibility index (Phi) is 6.69. The van der Waals surface area contributed by atoms with Gasteiger partial charge in [-0.2, -0.15) is 0 Å². The zero-order chi connectivity index (χ0) is 25.4. The van der Waals surface area contributed by atoms with Gasteiger partial charge in [-0.05, 0) is 37.1 Å². The average Bonchev–Trinajstić information content (AvgIpc) is 3.55. The standard InChI is InChI=1S/C25H19FN4O3S3/c1-13-22(35-14(2)27-13)20(31)18-19(16-6-4-3-5-7-16)30(23(33)21(18)32)24-28-29-25(36-24)34-12-15-8-10-17(26)11-9-15/h3-11,19,32H,12H2,1-2H3. The van der Waals surface area contributed by atoms with Crippen LogP contribution in [0.1, 0.15) is 37.5 Å². The molecular weight excluding hydrogens is 519 g/mol. The van der Waals surface area contributed by atoms with Crippen molar-refractivity contribution in [2.45, 2.75) is 30.0 Å². The monoisotopic (exact) mass is 538 g/mol. The number of Topliss-reactive ketones (excluding diaryl/α,β-unsaturated/α-hetero) is 1. The summed E-state index contributed by atoms with van der Waals surface area (Å²) in [7, 11) is 0. The fourth-order valence-electron chi connectivity index (χ4n) is 3.93. The highest BCUT2D eigenvalue weighted by atomic mass is 32.2. The third-order valence-electron chi connectivity index (χ3n) is 5.56. The molecule has 5 rings (SSSR count). The summed E-state index contributed by atoms with van der Waals surface area (Å²) >= 11 is 3.82. The summed E-state index contributed by atoms with van der Waals surface area (Å²) in [5.74, 6) is -1.51. The summed E-state index contributed by atoms with van der Waals surface area (Å²) in [5.41, 5.74) is 2.12. The van der Waals surface area contributed by atoms with Crippen LogP contribution in [-0.4, -0.2) is 32.0 Å². The largest absolute Gasteiger partial charge is 0.503 e. The fourth-order valence-corrected chi connectivity index (χ4v) is 6.63. The molecule has 7 nitrogen and oxygen atoms in total. The number of halogens is 1. The highest BCUT2D eigenvalue weighted by Crippen LogP contribution is 2.44. The van der Waals surface area contributed by atoms with Crippen LogP contribution < -0.4 is 4.90 Å². The van der Waals surface area contributed by atoms with E-state index in [-0.39, 0.29) is 16.5 Å². The smallest absolute Gasteiger partial charge is 0.296 e. The highest BCUT2D eigenvalue weighted by molar-refractivity contribution is 8.00. The third kappa shape index (κ3) is 4.57. The number of hydrogen-bond acceptors (Lipinski definition) is 9. The Bertz CT molecular complexity index is 1480. The highest BCUT2D eigenvalue weighted by Gasteiger charge is 2.46. The zero-order valence-electron chi connectivity index (χ0n) is 19.1. The molecule has 1 unspecified atom stereocenters. The minimum absolute atomic E-state index is 0.00587. The van der Waals surface area contributed by atoms with E-state index in [1.807, 2.05) is 18.2 Å². The summed E-state index contributed by atoms with van der Waals surface area (Å²) in [6, 6.07) is 14.4. The summed E-state index contributed by atoms with van der Waals surface area (Å²) in [4.78, 5) is 32.9. The van der Waals surface area contributed by atoms with E-state index in [2.05, 4.69) is 15.2 Å². The van der Waals surface area contributed by atoms with Crippen LogP contribution in [0.2, 0.25) is 0 Å². The number of nitrogens with zero attached hydrogens (tertiary/aromatic N) is 4. The molecule has 36 heavy (non-hydrogen) atoms. The lowest BCUT2D eigenvalue weighted by Gasteiger charge is -2.23. The maximum absolute atomic E-state index is 13.6. The summed E-state index contributed by atoms with van der Waals surface area (Å²) < 4.78 is 13.8. The normalized spacial score (nSPS) is 15.7. The zero-order valence-corrected chi connectivity index (χ0v) is 21.6. The number of anilines is 1. The van der Waals surface area contributed by atoms with Crippen molar-refractivity contribution in [3.8, 4) is 0 Å². The Labute approximate surface area is 218 Å². The molecule has 0 radical (unpaired) electrons. The van der Waals surface area contributed by atoms with E-state index < -0.39 is 23.5 Å². The fraction of sp³-hybridized carbons (Fsp3) is 0.160. The molecule has 1 aliphatic heterocycles. The van der Waals surface area contributed by atoms with Crippen molar-refractivity contribution in [2.75, 3.05) is 4.90 Å². The van der Waals surface area contributed by atoms with Crippen molar-refractivity contribution < 1.29 is 19.1 Å². The Morgan fingerprint density at radius 2 is 1.81 bits per heavy atom. The molecule has 4 aromatic rings. The third-order valence-corrected chi connectivity index (χ3v) is 8.75. The van der Waals surface area contributed by atoms with Gasteiger partial charge in [0.25, 0.3) is 5.91 Å². The molecule has 0 spiro atoms. The van der Waals surface area contributed by atoms with E-state index in [1.165, 1.54) is 51.5 Å². The molecule has 0 fully saturated rings. The summed E-state index contributed by atoms with van der Waals surface area (Å²) in [6.07, 6.45) is 0. The second kappa shape index (κ2) is 9.92. The number of ketones is 1. The molecule has 182 valence electrons. The number of rotatable bonds is 7. The van der Waals surface area contributed by atoms with Crippen LogP contribution in [0.5, 0.6) is 0 Å². The van der Waals surface area contributed by atoms with Gasteiger partial charge in [0.05, 0.1) is 27.2 Å². The van der Waals surface area contributed by atoms with Crippen molar-refractivity contribution in [3.05, 3.63) is 98.5 Å². The van der Waals surface area contributed by atoms with Gasteiger partial charge < -0.3 is 5.11 Å². The van der Waals surface area contributed by atoms with Gasteiger partial charge in [0.1, 0.15) is 5.82 Å². The van der Waals surface area contributed by atoms with Gasteiger partial charge >= 0.3 is 0 Å². The quantitative estimate of drug-likeness (QED) is 0.180. The van der Waals surface area contributed by atoms with E-state index in [4.69, 9.17) is 0 Å². The number of thioether (sulfide) groups is 1. The van der Waals surface area contributed by atoms with Crippen LogP contribution in [0.25, 0.3) is 0 Å². The molecule has 1 atom stereocenters. The first kappa shape index (κ1) is 24.3. The SMILES string of the molecule is Cc1nc(C)c(C(=O)C2=C(O)C(=O)N(c3nnc(SCc4ccc(F)cc4)s3)C2c2ccccc2)s1. The molecule has 1 N–H and O–H groups in total. The molecule has 0 bridgehead atoms. The maximum Gasteiger partial charge on any atom is 0.296 e. The number of amides is 1. The van der Waals surface area contributed by atoms with Crippen LogP contribution in [0, 0.1) is 19.7 Å². The molecule has 0 saturated carbocycles. The maximum atomic E-state index is 13.6. The van der Waals surface area contributed by atoms with Crippen molar-refractivity contribution in [1.29, 1.82) is 0 Å². The Hall–Kier alpha value is -3.41. The van der Waals surface area contributed by atoms with Crippen molar-refractivity contribution >= 4 is 51.3 Å². The number of benzene rings is 2. The summed E-state index contributed by atoms with van der Waals surface area (Å²) in [6.45, 7) is 3.53. The average molecular weight is 539 g/mol. The first-order valence-electron chi connectivity index (χ1n) is 10.8. The number of thiazole rings is 1. The number of aryl methyl sites for hydroxylation is 2. The molecule has 0 saturated heterocycles.